The van der Waals surface area contributed by atoms with Crippen LogP contribution in [-0.2, 0) is 0 Å². The van der Waals surface area contributed by atoms with Crippen LogP contribution in [0.25, 0.3) is 0 Å². The summed E-state index contributed by atoms with van der Waals surface area (Å²) in [6, 6.07) is 0. The lowest BCUT2D eigenvalue weighted by atomic mass is 9.85. The molecule has 0 aliphatic heterocycles. The lowest BCUT2D eigenvalue weighted by Gasteiger charge is -2.24. The molecule has 1 fully saturated rings. The highest BCUT2D eigenvalue weighted by molar-refractivity contribution is 6.26. The van der Waals surface area contributed by atoms with Crippen LogP contribution < -0.4 is 0 Å². The van der Waals surface area contributed by atoms with Gasteiger partial charge in [0.2, 0.25) is 0 Å². The van der Waals surface area contributed by atoms with Crippen molar-refractivity contribution in [1.29, 1.82) is 0 Å². The highest BCUT2D eigenvalue weighted by Crippen LogP contribution is 2.35. The van der Waals surface area contributed by atoms with E-state index in [0.717, 1.165) is 5.92 Å². The van der Waals surface area contributed by atoms with Crippen LogP contribution in [-0.4, -0.2) is 0 Å². The summed E-state index contributed by atoms with van der Waals surface area (Å²) < 4.78 is 0. The largest absolute Gasteiger partial charge is 0.117 e. The highest BCUT2D eigenvalue weighted by Gasteiger charge is 2.19. The molecule has 1 aliphatic carbocycles. The van der Waals surface area contributed by atoms with E-state index in [-0.39, 0.29) is 0 Å². The lowest BCUT2D eigenvalue weighted by molar-refractivity contribution is 0.360. The molecule has 0 aromatic rings. The second-order valence-corrected chi connectivity index (χ2v) is 4.49. The van der Waals surface area contributed by atoms with Gasteiger partial charge in [0.25, 0.3) is 0 Å². The van der Waals surface area contributed by atoms with Crippen LogP contribution in [0.2, 0.25) is 0 Å². The zero-order valence-corrected chi connectivity index (χ0v) is 8.87. The monoisotopic (exact) mass is 187 g/mol. The first kappa shape index (κ1) is 10.4. The van der Waals surface area contributed by atoms with Gasteiger partial charge in [-0.3, -0.25) is 0 Å². The third-order valence-corrected chi connectivity index (χ3v) is 3.24. The van der Waals surface area contributed by atoms with Crippen LogP contribution in [0.1, 0.15) is 58.3 Å². The molecule has 1 rings (SSSR count). The average molecular weight is 188 g/mol. The molecule has 1 aliphatic rings. The van der Waals surface area contributed by atoms with Gasteiger partial charge < -0.3 is 0 Å². The van der Waals surface area contributed by atoms with Crippen LogP contribution in [0.15, 0.2) is 0 Å². The Kier molecular flexibility index (Phi) is 5.06. The van der Waals surface area contributed by atoms with Crippen LogP contribution in [0.5, 0.6) is 0 Å². The molecule has 71 valence electrons. The Morgan fingerprint density at radius 2 is 1.92 bits per heavy atom. The van der Waals surface area contributed by atoms with Crippen molar-refractivity contribution in [3.05, 3.63) is 5.38 Å². The van der Waals surface area contributed by atoms with E-state index in [1.54, 1.807) is 0 Å². The van der Waals surface area contributed by atoms with E-state index >= 15 is 0 Å². The molecule has 0 aromatic carbocycles. The highest BCUT2D eigenvalue weighted by atomic mass is 35.5. The normalized spacial score (nSPS) is 21.5. The molecular weight excluding hydrogens is 168 g/mol. The third-order valence-electron chi connectivity index (χ3n) is 2.86. The molecule has 0 heterocycles. The summed E-state index contributed by atoms with van der Waals surface area (Å²) in [6.45, 7) is 2.27. The Bertz CT molecular complexity index is 104. The minimum atomic E-state index is 0.985. The minimum Gasteiger partial charge on any atom is -0.117 e. The molecule has 1 saturated carbocycles. The molecule has 0 N–H and O–H groups in total. The van der Waals surface area contributed by atoms with Crippen molar-refractivity contribution in [3.8, 4) is 0 Å². The summed E-state index contributed by atoms with van der Waals surface area (Å²) in [5.74, 6) is 0.985. The van der Waals surface area contributed by atoms with Gasteiger partial charge in [-0.1, -0.05) is 32.6 Å². The maximum absolute atomic E-state index is 5.96. The van der Waals surface area contributed by atoms with Crippen molar-refractivity contribution in [2.45, 2.75) is 58.3 Å². The van der Waals surface area contributed by atoms with Gasteiger partial charge in [0.1, 0.15) is 0 Å². The number of halogens is 1. The molecule has 1 heteroatoms. The van der Waals surface area contributed by atoms with Crippen molar-refractivity contribution in [1.82, 2.24) is 0 Å². The maximum atomic E-state index is 5.96. The first-order chi connectivity index (χ1) is 5.83. The van der Waals surface area contributed by atoms with Crippen molar-refractivity contribution in [3.63, 3.8) is 0 Å². The zero-order chi connectivity index (χ0) is 8.81. The van der Waals surface area contributed by atoms with E-state index in [1.807, 2.05) is 0 Å². The number of unbranched alkanes of at least 4 members (excludes halogenated alkanes) is 2. The van der Waals surface area contributed by atoms with Crippen LogP contribution >= 0.6 is 11.6 Å². The summed E-state index contributed by atoms with van der Waals surface area (Å²) in [6.07, 6.45) is 10.7. The van der Waals surface area contributed by atoms with Crippen LogP contribution in [0, 0.1) is 11.3 Å². The van der Waals surface area contributed by atoms with Gasteiger partial charge in [-0.2, -0.15) is 0 Å². The van der Waals surface area contributed by atoms with Crippen molar-refractivity contribution in [2.75, 3.05) is 0 Å². The van der Waals surface area contributed by atoms with E-state index in [4.69, 9.17) is 11.6 Å². The fourth-order valence-electron chi connectivity index (χ4n) is 1.96. The van der Waals surface area contributed by atoms with E-state index in [9.17, 15) is 0 Å². The summed E-state index contributed by atoms with van der Waals surface area (Å²) in [5, 5.41) is 1.21. The lowest BCUT2D eigenvalue weighted by Crippen LogP contribution is -2.09. The number of rotatable bonds is 4. The SMILES string of the molecule is CCCCCC1CC[C](Cl)CC1. The van der Waals surface area contributed by atoms with Crippen molar-refractivity contribution >= 4 is 11.6 Å². The maximum Gasteiger partial charge on any atom is 0.0638 e. The minimum absolute atomic E-state index is 0.985. The molecule has 0 aromatic heterocycles. The quantitative estimate of drug-likeness (QED) is 0.568. The van der Waals surface area contributed by atoms with Gasteiger partial charge in [-0.25, -0.2) is 0 Å². The molecule has 0 unspecified atom stereocenters. The fraction of sp³-hybridized carbons (Fsp3) is 0.909. The smallest absolute Gasteiger partial charge is 0.0638 e. The Morgan fingerprint density at radius 3 is 2.50 bits per heavy atom. The van der Waals surface area contributed by atoms with E-state index in [2.05, 4.69) is 6.92 Å². The van der Waals surface area contributed by atoms with Crippen molar-refractivity contribution in [2.24, 2.45) is 5.92 Å². The molecule has 0 nitrogen and oxygen atoms in total. The summed E-state index contributed by atoms with van der Waals surface area (Å²) in [7, 11) is 0. The predicted molar refractivity (Wildman–Crippen MR) is 55.2 cm³/mol. The van der Waals surface area contributed by atoms with E-state index < -0.39 is 0 Å². The number of hydrogen-bond acceptors (Lipinski definition) is 0. The Morgan fingerprint density at radius 1 is 1.25 bits per heavy atom. The molecule has 0 saturated heterocycles. The Balaban J connectivity index is 2.01. The first-order valence-electron chi connectivity index (χ1n) is 5.33. The van der Waals surface area contributed by atoms with E-state index in [0.29, 0.717) is 0 Å². The molecule has 0 bridgehead atoms. The van der Waals surface area contributed by atoms with Crippen LogP contribution in [0.4, 0.5) is 0 Å². The second kappa shape index (κ2) is 5.85. The Hall–Kier alpha value is 0.290. The average Bonchev–Trinajstić information content (AvgIpc) is 2.09. The zero-order valence-electron chi connectivity index (χ0n) is 8.11. The molecule has 12 heavy (non-hydrogen) atoms. The molecule has 1 radical (unpaired) electrons. The van der Waals surface area contributed by atoms with Crippen molar-refractivity contribution < 1.29 is 0 Å². The van der Waals surface area contributed by atoms with Crippen LogP contribution in [0.3, 0.4) is 0 Å². The van der Waals surface area contributed by atoms with Gasteiger partial charge in [0, 0.05) is 0 Å². The molecule has 0 amide bonds. The third kappa shape index (κ3) is 3.80. The standard InChI is InChI=1S/C11H20Cl/c1-2-3-4-5-10-6-8-11(12)9-7-10/h10H,2-9H2,1H3. The fourth-order valence-corrected chi connectivity index (χ4v) is 2.18. The summed E-state index contributed by atoms with van der Waals surface area (Å²) in [5.41, 5.74) is 0. The van der Waals surface area contributed by atoms with Gasteiger partial charge in [-0.15, -0.1) is 11.6 Å². The number of hydrogen-bond donors (Lipinski definition) is 0. The second-order valence-electron chi connectivity index (χ2n) is 3.96. The topological polar surface area (TPSA) is 0 Å². The molecular formula is C11H20Cl. The van der Waals surface area contributed by atoms with Gasteiger partial charge in [0.05, 0.1) is 5.38 Å². The first-order valence-corrected chi connectivity index (χ1v) is 5.71. The summed E-state index contributed by atoms with van der Waals surface area (Å²) in [4.78, 5) is 0. The van der Waals surface area contributed by atoms with E-state index in [1.165, 1.54) is 56.7 Å². The van der Waals surface area contributed by atoms with Gasteiger partial charge in [0.15, 0.2) is 0 Å². The van der Waals surface area contributed by atoms with Gasteiger partial charge in [-0.05, 0) is 31.6 Å². The molecule has 0 spiro atoms. The Labute approximate surface area is 81.7 Å². The molecule has 0 atom stereocenters. The van der Waals surface area contributed by atoms with Gasteiger partial charge >= 0.3 is 0 Å². The predicted octanol–water partition coefficient (Wildman–Crippen LogP) is 4.53. The summed E-state index contributed by atoms with van der Waals surface area (Å²) >= 11 is 5.96.